The molecule has 1 aromatic rings. The van der Waals surface area contributed by atoms with Crippen LogP contribution in [0.5, 0.6) is 0 Å². The lowest BCUT2D eigenvalue weighted by atomic mass is 9.84. The molecule has 0 spiro atoms. The highest BCUT2D eigenvalue weighted by atomic mass is 16.6. The van der Waals surface area contributed by atoms with Gasteiger partial charge in [-0.3, -0.25) is 9.69 Å². The van der Waals surface area contributed by atoms with Crippen LogP contribution >= 0.6 is 0 Å². The van der Waals surface area contributed by atoms with E-state index >= 15 is 0 Å². The zero-order chi connectivity index (χ0) is 19.4. The second kappa shape index (κ2) is 8.06. The smallest absolute Gasteiger partial charge is 0.320 e. The molecule has 2 aliphatic rings. The molecule has 0 radical (unpaired) electrons. The number of carbonyl (C=O) groups is 1. The van der Waals surface area contributed by atoms with Crippen LogP contribution in [-0.2, 0) is 9.63 Å². The zero-order valence-electron chi connectivity index (χ0n) is 15.4. The Balaban J connectivity index is 1.52. The lowest BCUT2D eigenvalue weighted by molar-refractivity contribution is -0.145. The number of nitrogens with zero attached hydrogens (tertiary/aromatic N) is 3. The van der Waals surface area contributed by atoms with E-state index in [0.29, 0.717) is 38.8 Å². The molecule has 2 aliphatic heterocycles. The van der Waals surface area contributed by atoms with Gasteiger partial charge >= 0.3 is 5.97 Å². The monoisotopic (exact) mass is 374 g/mol. The minimum atomic E-state index is -0.841. The number of aliphatic carboxylic acids is 1. The molecule has 0 saturated carbocycles. The highest BCUT2D eigenvalue weighted by Gasteiger charge is 2.39. The number of nitrogens with two attached hydrogens (primary N) is 1. The molecule has 1 aromatic carbocycles. The summed E-state index contributed by atoms with van der Waals surface area (Å²) in [7, 11) is 0. The zero-order valence-corrected chi connectivity index (χ0v) is 15.4. The average Bonchev–Trinajstić information content (AvgIpc) is 3.10. The number of likely N-dealkylation sites (tertiary alicyclic amines) is 1. The Hall–Kier alpha value is -2.45. The van der Waals surface area contributed by atoms with Gasteiger partial charge in [0.25, 0.3) is 0 Å². The van der Waals surface area contributed by atoms with Crippen LogP contribution in [0, 0.1) is 0 Å². The minimum absolute atomic E-state index is 0.168. The summed E-state index contributed by atoms with van der Waals surface area (Å²) in [5.74, 6) is 4.32. The SMILES string of the molecule is CC(C(=O)O)N1CCC(O)(CC2CC(c3ccc(C=NN)cc3)=NO2)CC1. The molecule has 0 aliphatic carbocycles. The quantitative estimate of drug-likeness (QED) is 0.390. The van der Waals surface area contributed by atoms with Gasteiger partial charge in [-0.25, -0.2) is 0 Å². The maximum absolute atomic E-state index is 11.1. The van der Waals surface area contributed by atoms with Crippen LogP contribution in [0.4, 0.5) is 0 Å². The van der Waals surface area contributed by atoms with E-state index in [-0.39, 0.29) is 6.10 Å². The van der Waals surface area contributed by atoms with Crippen LogP contribution in [0.3, 0.4) is 0 Å². The first-order valence-electron chi connectivity index (χ1n) is 9.16. The summed E-state index contributed by atoms with van der Waals surface area (Å²) >= 11 is 0. The van der Waals surface area contributed by atoms with Gasteiger partial charge in [0.15, 0.2) is 0 Å². The molecular weight excluding hydrogens is 348 g/mol. The second-order valence-corrected chi connectivity index (χ2v) is 7.35. The molecule has 3 rings (SSSR count). The van der Waals surface area contributed by atoms with Crippen molar-refractivity contribution in [1.82, 2.24) is 4.90 Å². The van der Waals surface area contributed by atoms with Gasteiger partial charge in [0.1, 0.15) is 12.1 Å². The fourth-order valence-corrected chi connectivity index (χ4v) is 3.67. The molecule has 27 heavy (non-hydrogen) atoms. The number of oxime groups is 1. The van der Waals surface area contributed by atoms with E-state index in [0.717, 1.165) is 16.8 Å². The number of hydrazone groups is 1. The van der Waals surface area contributed by atoms with Crippen LogP contribution in [-0.4, -0.2) is 63.8 Å². The molecule has 8 heteroatoms. The van der Waals surface area contributed by atoms with E-state index in [1.54, 1.807) is 13.1 Å². The number of piperidine rings is 1. The first-order valence-corrected chi connectivity index (χ1v) is 9.16. The van der Waals surface area contributed by atoms with Crippen LogP contribution in [0.15, 0.2) is 34.5 Å². The number of carboxylic acid groups (broad SMARTS) is 1. The number of hydrogen-bond donors (Lipinski definition) is 3. The summed E-state index contributed by atoms with van der Waals surface area (Å²) in [6.07, 6.45) is 3.61. The van der Waals surface area contributed by atoms with Crippen LogP contribution in [0.1, 0.15) is 43.7 Å². The van der Waals surface area contributed by atoms with Crippen molar-refractivity contribution in [2.75, 3.05) is 13.1 Å². The van der Waals surface area contributed by atoms with Crippen molar-refractivity contribution in [1.29, 1.82) is 0 Å². The number of carboxylic acids is 1. The van der Waals surface area contributed by atoms with Gasteiger partial charge in [-0.2, -0.15) is 5.10 Å². The Morgan fingerprint density at radius 1 is 1.44 bits per heavy atom. The van der Waals surface area contributed by atoms with Crippen LogP contribution in [0.25, 0.3) is 0 Å². The lowest BCUT2D eigenvalue weighted by Crippen LogP contribution is -2.50. The minimum Gasteiger partial charge on any atom is -0.480 e. The lowest BCUT2D eigenvalue weighted by Gasteiger charge is -2.40. The topological polar surface area (TPSA) is 121 Å². The van der Waals surface area contributed by atoms with Crippen molar-refractivity contribution in [3.8, 4) is 0 Å². The van der Waals surface area contributed by atoms with Crippen molar-refractivity contribution in [3.05, 3.63) is 35.4 Å². The standard InChI is InChI=1S/C19H26N4O4/c1-13(18(24)25)23-8-6-19(26,7-9-23)11-16-10-17(22-27-16)15-4-2-14(3-5-15)12-21-20/h2-5,12-13,16,26H,6-11,20H2,1H3,(H,24,25). The molecule has 8 nitrogen and oxygen atoms in total. The van der Waals surface area contributed by atoms with Crippen molar-refractivity contribution in [2.24, 2.45) is 16.1 Å². The summed E-state index contributed by atoms with van der Waals surface area (Å²) in [4.78, 5) is 18.6. The van der Waals surface area contributed by atoms with Crippen LogP contribution in [0.2, 0.25) is 0 Å². The Morgan fingerprint density at radius 3 is 2.70 bits per heavy atom. The normalized spacial score (nSPS) is 23.8. The number of benzene rings is 1. The molecular formula is C19H26N4O4. The summed E-state index contributed by atoms with van der Waals surface area (Å²) in [5, 5.41) is 27.7. The van der Waals surface area contributed by atoms with Crippen molar-refractivity contribution < 1.29 is 19.8 Å². The number of aliphatic hydroxyl groups is 1. The predicted molar refractivity (Wildman–Crippen MR) is 102 cm³/mol. The summed E-state index contributed by atoms with van der Waals surface area (Å²) < 4.78 is 0. The van der Waals surface area contributed by atoms with E-state index in [1.165, 1.54) is 0 Å². The van der Waals surface area contributed by atoms with Gasteiger partial charge in [-0.15, -0.1) is 0 Å². The fourth-order valence-electron chi connectivity index (χ4n) is 3.67. The predicted octanol–water partition coefficient (Wildman–Crippen LogP) is 1.16. The van der Waals surface area contributed by atoms with E-state index in [4.69, 9.17) is 15.8 Å². The van der Waals surface area contributed by atoms with E-state index in [2.05, 4.69) is 10.3 Å². The largest absolute Gasteiger partial charge is 0.480 e. The van der Waals surface area contributed by atoms with Crippen molar-refractivity contribution in [3.63, 3.8) is 0 Å². The molecule has 4 N–H and O–H groups in total. The van der Waals surface area contributed by atoms with Crippen molar-refractivity contribution >= 4 is 17.9 Å². The Bertz CT molecular complexity index is 724. The Kier molecular flexibility index (Phi) is 5.76. The van der Waals surface area contributed by atoms with E-state index in [1.807, 2.05) is 29.2 Å². The molecule has 2 atom stereocenters. The number of hydrogen-bond acceptors (Lipinski definition) is 7. The van der Waals surface area contributed by atoms with Gasteiger partial charge < -0.3 is 20.9 Å². The summed E-state index contributed by atoms with van der Waals surface area (Å²) in [5.41, 5.74) is 1.90. The molecule has 1 fully saturated rings. The fraction of sp³-hybridized carbons (Fsp3) is 0.526. The molecule has 1 saturated heterocycles. The van der Waals surface area contributed by atoms with Crippen molar-refractivity contribution in [2.45, 2.75) is 50.4 Å². The summed E-state index contributed by atoms with van der Waals surface area (Å²) in [6, 6.07) is 7.19. The third-order valence-electron chi connectivity index (χ3n) is 5.44. The third-order valence-corrected chi connectivity index (χ3v) is 5.44. The van der Waals surface area contributed by atoms with E-state index in [9.17, 15) is 9.90 Å². The van der Waals surface area contributed by atoms with Gasteiger partial charge in [0.2, 0.25) is 0 Å². The average molecular weight is 374 g/mol. The maximum Gasteiger partial charge on any atom is 0.320 e. The van der Waals surface area contributed by atoms with E-state index < -0.39 is 17.6 Å². The molecule has 2 unspecified atom stereocenters. The van der Waals surface area contributed by atoms with Gasteiger partial charge in [-0.05, 0) is 30.9 Å². The highest BCUT2D eigenvalue weighted by molar-refractivity contribution is 6.01. The van der Waals surface area contributed by atoms with Gasteiger partial charge in [-0.1, -0.05) is 29.4 Å². The number of rotatable bonds is 6. The van der Waals surface area contributed by atoms with Gasteiger partial charge in [0, 0.05) is 25.9 Å². The molecule has 146 valence electrons. The summed E-state index contributed by atoms with van der Waals surface area (Å²) in [6.45, 7) is 2.81. The molecule has 0 amide bonds. The Labute approximate surface area is 158 Å². The first kappa shape index (κ1) is 19.3. The molecule has 0 bridgehead atoms. The molecule has 2 heterocycles. The second-order valence-electron chi connectivity index (χ2n) is 7.35. The maximum atomic E-state index is 11.1. The Morgan fingerprint density at radius 2 is 2.11 bits per heavy atom. The molecule has 0 aromatic heterocycles. The first-order chi connectivity index (χ1) is 12.9. The third kappa shape index (κ3) is 4.64. The highest BCUT2D eigenvalue weighted by Crippen LogP contribution is 2.32. The van der Waals surface area contributed by atoms with Gasteiger partial charge in [0.05, 0.1) is 17.5 Å². The van der Waals surface area contributed by atoms with Crippen LogP contribution < -0.4 is 5.84 Å².